The molecule has 1 fully saturated rings. The van der Waals surface area contributed by atoms with Gasteiger partial charge in [-0.1, -0.05) is 18.2 Å². The lowest BCUT2D eigenvalue weighted by atomic mass is 10.1. The molecule has 1 aliphatic rings. The molecule has 3 aromatic rings. The topological polar surface area (TPSA) is 92.4 Å². The number of aromatic amines is 1. The van der Waals surface area contributed by atoms with E-state index < -0.39 is 9.84 Å². The Kier molecular flexibility index (Phi) is 5.77. The van der Waals surface area contributed by atoms with E-state index in [-0.39, 0.29) is 29.1 Å². The Bertz CT molecular complexity index is 1210. The molecule has 9 heteroatoms. The molecule has 2 heterocycles. The average molecular weight is 444 g/mol. The van der Waals surface area contributed by atoms with Crippen molar-refractivity contribution in [2.24, 2.45) is 0 Å². The van der Waals surface area contributed by atoms with Crippen molar-refractivity contribution in [1.29, 1.82) is 0 Å². The van der Waals surface area contributed by atoms with Crippen LogP contribution < -0.4 is 4.74 Å². The van der Waals surface area contributed by atoms with Gasteiger partial charge in [0.05, 0.1) is 11.9 Å². The maximum atomic E-state index is 13.3. The molecule has 1 aliphatic heterocycles. The van der Waals surface area contributed by atoms with Gasteiger partial charge in [-0.2, -0.15) is 5.10 Å². The Labute approximate surface area is 179 Å². The molecule has 1 amide bonds. The Morgan fingerprint density at radius 2 is 2.06 bits per heavy atom. The molecule has 7 nitrogen and oxygen atoms in total. The van der Waals surface area contributed by atoms with Crippen LogP contribution in [0.4, 0.5) is 4.39 Å². The zero-order valence-electron chi connectivity index (χ0n) is 16.9. The van der Waals surface area contributed by atoms with Gasteiger partial charge in [-0.25, -0.2) is 12.8 Å². The molecule has 0 radical (unpaired) electrons. The van der Waals surface area contributed by atoms with Crippen LogP contribution in [0.25, 0.3) is 0 Å². The van der Waals surface area contributed by atoms with E-state index in [1.54, 1.807) is 41.3 Å². The van der Waals surface area contributed by atoms with E-state index in [2.05, 4.69) is 10.2 Å². The first-order valence-corrected chi connectivity index (χ1v) is 11.7. The highest BCUT2D eigenvalue weighted by Crippen LogP contribution is 2.31. The maximum absolute atomic E-state index is 13.3. The Hall–Kier alpha value is -3.20. The highest BCUT2D eigenvalue weighted by Gasteiger charge is 2.32. The third kappa shape index (κ3) is 4.77. The van der Waals surface area contributed by atoms with Crippen LogP contribution in [0.3, 0.4) is 0 Å². The van der Waals surface area contributed by atoms with Crippen LogP contribution in [0.2, 0.25) is 0 Å². The molecule has 31 heavy (non-hydrogen) atoms. The molecule has 1 unspecified atom stereocenters. The summed E-state index contributed by atoms with van der Waals surface area (Å²) >= 11 is 0. The van der Waals surface area contributed by atoms with Gasteiger partial charge >= 0.3 is 0 Å². The predicted molar refractivity (Wildman–Crippen MR) is 112 cm³/mol. The summed E-state index contributed by atoms with van der Waals surface area (Å²) in [4.78, 5) is 14.9. The van der Waals surface area contributed by atoms with Gasteiger partial charge in [0.25, 0.3) is 5.91 Å². The molecular weight excluding hydrogens is 421 g/mol. The molecule has 1 N–H and O–H groups in total. The Morgan fingerprint density at radius 1 is 1.26 bits per heavy atom. The van der Waals surface area contributed by atoms with Crippen LogP contribution >= 0.6 is 0 Å². The number of carbonyl (C=O) groups excluding carboxylic acids is 1. The van der Waals surface area contributed by atoms with Crippen LogP contribution in [0.15, 0.2) is 59.6 Å². The third-order valence-electron chi connectivity index (χ3n) is 5.29. The number of amides is 1. The fraction of sp³-hybridized carbons (Fsp3) is 0.273. The molecule has 0 spiro atoms. The van der Waals surface area contributed by atoms with E-state index in [4.69, 9.17) is 4.74 Å². The number of sulfone groups is 1. The van der Waals surface area contributed by atoms with Crippen LogP contribution in [0.1, 0.15) is 34.0 Å². The fourth-order valence-electron chi connectivity index (χ4n) is 3.75. The molecule has 0 bridgehead atoms. The SMILES string of the molecule is CS(=O)(=O)c1cn[nH]c1C1CCN(C(=O)c2cccc(OCc3cccc(F)c3)c2)C1. The van der Waals surface area contributed by atoms with Crippen molar-refractivity contribution in [2.45, 2.75) is 23.8 Å². The molecule has 162 valence electrons. The zero-order valence-corrected chi connectivity index (χ0v) is 17.7. The van der Waals surface area contributed by atoms with Gasteiger partial charge < -0.3 is 9.64 Å². The van der Waals surface area contributed by atoms with Crippen LogP contribution in [-0.4, -0.2) is 48.8 Å². The van der Waals surface area contributed by atoms with Gasteiger partial charge in [-0.15, -0.1) is 0 Å². The van der Waals surface area contributed by atoms with Crippen molar-refractivity contribution in [3.05, 3.63) is 77.4 Å². The summed E-state index contributed by atoms with van der Waals surface area (Å²) < 4.78 is 42.9. The van der Waals surface area contributed by atoms with Crippen LogP contribution in [0.5, 0.6) is 5.75 Å². The smallest absolute Gasteiger partial charge is 0.254 e. The second-order valence-corrected chi connectivity index (χ2v) is 9.59. The number of hydrogen-bond donors (Lipinski definition) is 1. The first-order chi connectivity index (χ1) is 14.8. The number of likely N-dealkylation sites (tertiary alicyclic amines) is 1. The van der Waals surface area contributed by atoms with Crippen molar-refractivity contribution in [3.63, 3.8) is 0 Å². The van der Waals surface area contributed by atoms with Crippen molar-refractivity contribution in [2.75, 3.05) is 19.3 Å². The van der Waals surface area contributed by atoms with E-state index in [1.165, 1.54) is 18.3 Å². The zero-order chi connectivity index (χ0) is 22.0. The van der Waals surface area contributed by atoms with Gasteiger partial charge in [0.1, 0.15) is 23.1 Å². The maximum Gasteiger partial charge on any atom is 0.254 e. The molecule has 2 aromatic carbocycles. The summed E-state index contributed by atoms with van der Waals surface area (Å²) in [5.74, 6) is -0.0913. The van der Waals surface area contributed by atoms with Crippen LogP contribution in [-0.2, 0) is 16.4 Å². The second-order valence-electron chi connectivity index (χ2n) is 7.60. The van der Waals surface area contributed by atoms with Crippen molar-refractivity contribution in [3.8, 4) is 5.75 Å². The normalized spacial score (nSPS) is 16.5. The number of nitrogens with zero attached hydrogens (tertiary/aromatic N) is 2. The summed E-state index contributed by atoms with van der Waals surface area (Å²) in [6, 6.07) is 13.0. The van der Waals surface area contributed by atoms with E-state index in [0.29, 0.717) is 42.1 Å². The Balaban J connectivity index is 1.43. The van der Waals surface area contributed by atoms with E-state index in [9.17, 15) is 17.6 Å². The number of rotatable bonds is 6. The minimum atomic E-state index is -3.39. The molecule has 0 saturated carbocycles. The predicted octanol–water partition coefficient (Wildman–Crippen LogP) is 3.16. The number of nitrogens with one attached hydrogen (secondary N) is 1. The quantitative estimate of drug-likeness (QED) is 0.632. The number of carbonyl (C=O) groups is 1. The van der Waals surface area contributed by atoms with Gasteiger partial charge in [-0.3, -0.25) is 9.89 Å². The highest BCUT2D eigenvalue weighted by molar-refractivity contribution is 7.90. The highest BCUT2D eigenvalue weighted by atomic mass is 32.2. The van der Waals surface area contributed by atoms with Crippen molar-refractivity contribution < 1.29 is 22.3 Å². The summed E-state index contributed by atoms with van der Waals surface area (Å²) in [7, 11) is -3.39. The number of ether oxygens (including phenoxy) is 1. The summed E-state index contributed by atoms with van der Waals surface area (Å²) in [6.07, 6.45) is 3.11. The number of hydrogen-bond acceptors (Lipinski definition) is 5. The summed E-state index contributed by atoms with van der Waals surface area (Å²) in [6.45, 7) is 1.10. The second kappa shape index (κ2) is 8.50. The van der Waals surface area contributed by atoms with Gasteiger partial charge in [0, 0.05) is 30.8 Å². The lowest BCUT2D eigenvalue weighted by Crippen LogP contribution is -2.28. The Morgan fingerprint density at radius 3 is 2.84 bits per heavy atom. The fourth-order valence-corrected chi connectivity index (χ4v) is 4.60. The first-order valence-electron chi connectivity index (χ1n) is 9.81. The molecule has 1 aromatic heterocycles. The largest absolute Gasteiger partial charge is 0.489 e. The van der Waals surface area contributed by atoms with Gasteiger partial charge in [0.15, 0.2) is 9.84 Å². The van der Waals surface area contributed by atoms with E-state index >= 15 is 0 Å². The summed E-state index contributed by atoms with van der Waals surface area (Å²) in [5, 5.41) is 6.66. The standard InChI is InChI=1S/C22H22FN3O4S/c1-31(28,29)20-12-24-25-21(20)17-8-9-26(13-17)22(27)16-5-3-7-19(11-16)30-14-15-4-2-6-18(23)10-15/h2-7,10-12,17H,8-9,13-14H2,1H3,(H,24,25). The first kappa shape index (κ1) is 21.0. The number of benzene rings is 2. The molecule has 1 saturated heterocycles. The number of H-pyrrole nitrogens is 1. The van der Waals surface area contributed by atoms with E-state index in [1.807, 2.05) is 0 Å². The monoisotopic (exact) mass is 443 g/mol. The molecule has 4 rings (SSSR count). The number of halogens is 1. The minimum Gasteiger partial charge on any atom is -0.489 e. The third-order valence-corrected chi connectivity index (χ3v) is 6.42. The van der Waals surface area contributed by atoms with Gasteiger partial charge in [0.2, 0.25) is 0 Å². The number of aromatic nitrogens is 2. The molecule has 1 atom stereocenters. The van der Waals surface area contributed by atoms with Gasteiger partial charge in [-0.05, 0) is 42.3 Å². The van der Waals surface area contributed by atoms with Crippen molar-refractivity contribution in [1.82, 2.24) is 15.1 Å². The lowest BCUT2D eigenvalue weighted by molar-refractivity contribution is 0.0790. The van der Waals surface area contributed by atoms with Crippen molar-refractivity contribution >= 4 is 15.7 Å². The summed E-state index contributed by atoms with van der Waals surface area (Å²) in [5.41, 5.74) is 1.72. The lowest BCUT2D eigenvalue weighted by Gasteiger charge is -2.17. The van der Waals surface area contributed by atoms with E-state index in [0.717, 1.165) is 6.26 Å². The molecular formula is C22H22FN3O4S. The average Bonchev–Trinajstić information content (AvgIpc) is 3.41. The van der Waals surface area contributed by atoms with Crippen LogP contribution in [0, 0.1) is 5.82 Å². The molecule has 0 aliphatic carbocycles. The minimum absolute atomic E-state index is 0.122.